The average Bonchev–Trinajstić information content (AvgIpc) is 3.07. The zero-order chi connectivity index (χ0) is 26.0. The van der Waals surface area contributed by atoms with E-state index in [1.165, 1.54) is 5.56 Å². The van der Waals surface area contributed by atoms with E-state index in [0.717, 1.165) is 22.6 Å². The lowest BCUT2D eigenvalue weighted by atomic mass is 9.87. The number of rotatable bonds is 5. The summed E-state index contributed by atoms with van der Waals surface area (Å²) >= 11 is 0. The van der Waals surface area contributed by atoms with Gasteiger partial charge in [0.05, 0.1) is 5.69 Å². The number of carbonyl (C=O) groups excluding carboxylic acids is 1. The third kappa shape index (κ3) is 5.71. The van der Waals surface area contributed by atoms with Crippen LogP contribution in [0.25, 0.3) is 5.82 Å². The summed E-state index contributed by atoms with van der Waals surface area (Å²) in [5.41, 5.74) is 5.75. The fourth-order valence-corrected chi connectivity index (χ4v) is 3.70. The number of hydrogen-bond donors (Lipinski definition) is 2. The van der Waals surface area contributed by atoms with Gasteiger partial charge in [-0.05, 0) is 80.6 Å². The molecule has 0 atom stereocenters. The molecule has 0 aliphatic carbocycles. The predicted octanol–water partition coefficient (Wildman–Crippen LogP) is 6.63. The molecule has 0 saturated carbocycles. The third-order valence-corrected chi connectivity index (χ3v) is 6.01. The van der Waals surface area contributed by atoms with Crippen molar-refractivity contribution in [2.45, 2.75) is 53.9 Å². The van der Waals surface area contributed by atoms with Crippen molar-refractivity contribution in [2.75, 3.05) is 10.6 Å². The largest absolute Gasteiger partial charge is 0.439 e. The summed E-state index contributed by atoms with van der Waals surface area (Å²) in [5.74, 6) is 2.24. The highest BCUT2D eigenvalue weighted by molar-refractivity contribution is 5.99. The second-order valence-corrected chi connectivity index (χ2v) is 9.85. The molecule has 2 heterocycles. The van der Waals surface area contributed by atoms with Gasteiger partial charge in [-0.25, -0.2) is 14.5 Å². The second-order valence-electron chi connectivity index (χ2n) is 9.85. The summed E-state index contributed by atoms with van der Waals surface area (Å²) in [5, 5.41) is 10.3. The smallest absolute Gasteiger partial charge is 0.323 e. The number of benzene rings is 2. The van der Waals surface area contributed by atoms with Gasteiger partial charge in [-0.15, -0.1) is 0 Å². The van der Waals surface area contributed by atoms with Crippen LogP contribution in [0.5, 0.6) is 11.6 Å². The Morgan fingerprint density at radius 1 is 0.861 bits per heavy atom. The minimum atomic E-state index is -0.316. The monoisotopic (exact) mass is 484 g/mol. The van der Waals surface area contributed by atoms with Gasteiger partial charge in [-0.2, -0.15) is 10.1 Å². The molecule has 8 nitrogen and oxygen atoms in total. The normalized spacial score (nSPS) is 11.3. The molecule has 0 fully saturated rings. The number of urea groups is 1. The summed E-state index contributed by atoms with van der Waals surface area (Å²) in [6.07, 6.45) is 0. The SMILES string of the molecule is Cc1nc(Oc2ccc(NC(=O)Nc3ccc(C(C)(C)C)cc3)cc2)cc(-n2nc(C)c(C)c2C)n1. The van der Waals surface area contributed by atoms with E-state index in [4.69, 9.17) is 4.74 Å². The molecular weight excluding hydrogens is 452 g/mol. The standard InChI is InChI=1S/C28H32N6O2/c1-17-18(2)33-34(19(17)3)25-16-26(30-20(4)29-25)36-24-14-12-23(13-15-24)32-27(35)31-22-10-8-21(9-11-22)28(5,6)7/h8-16H,1-7H3,(H2,31,32,35). The Labute approximate surface area is 211 Å². The van der Waals surface area contributed by atoms with Crippen molar-refractivity contribution in [1.82, 2.24) is 19.7 Å². The highest BCUT2D eigenvalue weighted by atomic mass is 16.5. The van der Waals surface area contributed by atoms with Gasteiger partial charge in [-0.1, -0.05) is 32.9 Å². The van der Waals surface area contributed by atoms with Crippen LogP contribution in [0.1, 0.15) is 49.1 Å². The lowest BCUT2D eigenvalue weighted by molar-refractivity contribution is 0.262. The van der Waals surface area contributed by atoms with Gasteiger partial charge in [0.2, 0.25) is 5.88 Å². The van der Waals surface area contributed by atoms with Crippen LogP contribution in [0.15, 0.2) is 54.6 Å². The molecule has 0 spiro atoms. The Balaban J connectivity index is 1.41. The highest BCUT2D eigenvalue weighted by Crippen LogP contribution is 2.25. The van der Waals surface area contributed by atoms with Gasteiger partial charge in [0.15, 0.2) is 5.82 Å². The van der Waals surface area contributed by atoms with E-state index in [-0.39, 0.29) is 11.4 Å². The first-order valence-corrected chi connectivity index (χ1v) is 11.8. The van der Waals surface area contributed by atoms with E-state index in [0.29, 0.717) is 29.0 Å². The maximum absolute atomic E-state index is 12.4. The van der Waals surface area contributed by atoms with Crippen LogP contribution in [0.3, 0.4) is 0 Å². The van der Waals surface area contributed by atoms with E-state index in [9.17, 15) is 4.79 Å². The number of ether oxygens (including phenoxy) is 1. The predicted molar refractivity (Wildman–Crippen MR) is 142 cm³/mol. The maximum atomic E-state index is 12.4. The van der Waals surface area contributed by atoms with Crippen molar-refractivity contribution in [3.8, 4) is 17.4 Å². The Morgan fingerprint density at radius 2 is 1.44 bits per heavy atom. The van der Waals surface area contributed by atoms with Crippen LogP contribution in [0, 0.1) is 27.7 Å². The lowest BCUT2D eigenvalue weighted by Gasteiger charge is -2.19. The molecule has 4 aromatic rings. The van der Waals surface area contributed by atoms with Crippen molar-refractivity contribution in [3.63, 3.8) is 0 Å². The van der Waals surface area contributed by atoms with Gasteiger partial charge in [-0.3, -0.25) is 0 Å². The number of aryl methyl sites for hydroxylation is 2. The Morgan fingerprint density at radius 3 is 1.97 bits per heavy atom. The molecule has 2 amide bonds. The zero-order valence-corrected chi connectivity index (χ0v) is 21.8. The molecule has 0 unspecified atom stereocenters. The van der Waals surface area contributed by atoms with Gasteiger partial charge >= 0.3 is 6.03 Å². The summed E-state index contributed by atoms with van der Waals surface area (Å²) in [6.45, 7) is 14.3. The van der Waals surface area contributed by atoms with Crippen molar-refractivity contribution in [3.05, 3.63) is 82.9 Å². The summed E-state index contributed by atoms with van der Waals surface area (Å²) in [6, 6.07) is 16.4. The molecule has 0 radical (unpaired) electrons. The fraction of sp³-hybridized carbons (Fsp3) is 0.286. The lowest BCUT2D eigenvalue weighted by Crippen LogP contribution is -2.19. The summed E-state index contributed by atoms with van der Waals surface area (Å²) in [4.78, 5) is 21.3. The number of carbonyl (C=O) groups is 1. The van der Waals surface area contributed by atoms with Crippen molar-refractivity contribution in [2.24, 2.45) is 0 Å². The second kappa shape index (κ2) is 9.81. The minimum absolute atomic E-state index is 0.0623. The molecule has 0 saturated heterocycles. The summed E-state index contributed by atoms with van der Waals surface area (Å²) in [7, 11) is 0. The molecule has 0 aliphatic rings. The minimum Gasteiger partial charge on any atom is -0.439 e. The number of aromatic nitrogens is 4. The topological polar surface area (TPSA) is 94.0 Å². The Kier molecular flexibility index (Phi) is 6.79. The number of nitrogens with one attached hydrogen (secondary N) is 2. The van der Waals surface area contributed by atoms with Crippen molar-refractivity contribution >= 4 is 17.4 Å². The van der Waals surface area contributed by atoms with Gasteiger partial charge < -0.3 is 15.4 Å². The molecule has 0 bridgehead atoms. The summed E-state index contributed by atoms with van der Waals surface area (Å²) < 4.78 is 7.77. The Hall–Kier alpha value is -4.20. The molecular formula is C28H32N6O2. The molecule has 0 aliphatic heterocycles. The fourth-order valence-electron chi connectivity index (χ4n) is 3.70. The van der Waals surface area contributed by atoms with E-state index in [1.54, 1.807) is 35.0 Å². The molecule has 36 heavy (non-hydrogen) atoms. The first kappa shape index (κ1) is 24.9. The quantitative estimate of drug-likeness (QED) is 0.332. The number of hydrogen-bond acceptors (Lipinski definition) is 5. The number of amides is 2. The first-order chi connectivity index (χ1) is 17.0. The van der Waals surface area contributed by atoms with Crippen LogP contribution in [-0.4, -0.2) is 25.8 Å². The number of nitrogens with zero attached hydrogens (tertiary/aromatic N) is 4. The molecule has 2 N–H and O–H groups in total. The van der Waals surface area contributed by atoms with E-state index < -0.39 is 0 Å². The number of anilines is 2. The van der Waals surface area contributed by atoms with Gasteiger partial charge in [0.1, 0.15) is 11.6 Å². The molecule has 186 valence electrons. The Bertz CT molecular complexity index is 1380. The molecule has 4 rings (SSSR count). The van der Waals surface area contributed by atoms with Crippen LogP contribution in [0.4, 0.5) is 16.2 Å². The average molecular weight is 485 g/mol. The highest BCUT2D eigenvalue weighted by Gasteiger charge is 2.14. The van der Waals surface area contributed by atoms with E-state index >= 15 is 0 Å². The molecule has 2 aromatic heterocycles. The zero-order valence-electron chi connectivity index (χ0n) is 21.8. The van der Waals surface area contributed by atoms with Crippen molar-refractivity contribution < 1.29 is 9.53 Å². The molecule has 8 heteroatoms. The van der Waals surface area contributed by atoms with Crippen molar-refractivity contribution in [1.29, 1.82) is 0 Å². The van der Waals surface area contributed by atoms with Crippen LogP contribution in [-0.2, 0) is 5.41 Å². The van der Waals surface area contributed by atoms with Gasteiger partial charge in [0.25, 0.3) is 0 Å². The van der Waals surface area contributed by atoms with Crippen LogP contribution >= 0.6 is 0 Å². The van der Waals surface area contributed by atoms with Crippen LogP contribution in [0.2, 0.25) is 0 Å². The van der Waals surface area contributed by atoms with Crippen LogP contribution < -0.4 is 15.4 Å². The molecule has 2 aromatic carbocycles. The van der Waals surface area contributed by atoms with E-state index in [1.807, 2.05) is 52.0 Å². The third-order valence-electron chi connectivity index (χ3n) is 6.01. The van der Waals surface area contributed by atoms with E-state index in [2.05, 4.69) is 46.5 Å². The maximum Gasteiger partial charge on any atom is 0.323 e. The first-order valence-electron chi connectivity index (χ1n) is 11.8. The van der Waals surface area contributed by atoms with Gasteiger partial charge in [0, 0.05) is 23.1 Å².